The lowest BCUT2D eigenvalue weighted by molar-refractivity contribution is -0.384. The van der Waals surface area contributed by atoms with Crippen molar-refractivity contribution in [1.82, 2.24) is 0 Å². The zero-order valence-corrected chi connectivity index (χ0v) is 13.6. The van der Waals surface area contributed by atoms with Crippen molar-refractivity contribution in [2.45, 2.75) is 32.2 Å². The molecule has 1 aromatic rings. The summed E-state index contributed by atoms with van der Waals surface area (Å²) in [5.41, 5.74) is 0.642. The number of rotatable bonds is 3. The quantitative estimate of drug-likeness (QED) is 0.470. The number of benzene rings is 1. The van der Waals surface area contributed by atoms with E-state index in [1.807, 2.05) is 4.90 Å². The number of anilines is 1. The van der Waals surface area contributed by atoms with Gasteiger partial charge in [-0.25, -0.2) is 4.79 Å². The molecular weight excluding hydrogens is 340 g/mol. The number of halogens is 1. The fraction of sp³-hybridized carbons (Fsp3) is 0.500. The second-order valence-corrected chi connectivity index (χ2v) is 5.97. The van der Waals surface area contributed by atoms with Crippen molar-refractivity contribution in [2.75, 3.05) is 18.6 Å². The van der Waals surface area contributed by atoms with Gasteiger partial charge in [0.15, 0.2) is 0 Å². The van der Waals surface area contributed by atoms with Crippen molar-refractivity contribution in [3.05, 3.63) is 32.3 Å². The summed E-state index contributed by atoms with van der Waals surface area (Å²) in [6.07, 6.45) is 3.14. The first-order chi connectivity index (χ1) is 9.95. The minimum Gasteiger partial charge on any atom is -0.465 e. The highest BCUT2D eigenvalue weighted by atomic mass is 79.9. The van der Waals surface area contributed by atoms with Gasteiger partial charge in [-0.1, -0.05) is 0 Å². The number of esters is 1. The van der Waals surface area contributed by atoms with Crippen LogP contribution in [0.2, 0.25) is 0 Å². The topological polar surface area (TPSA) is 72.7 Å². The average Bonchev–Trinajstić information content (AvgIpc) is 2.46. The molecule has 1 aliphatic heterocycles. The van der Waals surface area contributed by atoms with Gasteiger partial charge in [0.25, 0.3) is 5.69 Å². The molecule has 1 fully saturated rings. The molecule has 0 saturated carbocycles. The molecule has 1 aliphatic rings. The van der Waals surface area contributed by atoms with Crippen LogP contribution in [0.5, 0.6) is 0 Å². The minimum absolute atomic E-state index is 0.0708. The summed E-state index contributed by atoms with van der Waals surface area (Å²) in [6.45, 7) is 2.84. The van der Waals surface area contributed by atoms with Crippen molar-refractivity contribution in [2.24, 2.45) is 0 Å². The van der Waals surface area contributed by atoms with Gasteiger partial charge in [0.05, 0.1) is 17.6 Å². The SMILES string of the molecule is COC(=O)c1cc(Br)c(N2CCCC[C@H]2C)c([N+](=O)[O-])c1. The van der Waals surface area contributed by atoms with Crippen LogP contribution in [0.3, 0.4) is 0 Å². The zero-order valence-electron chi connectivity index (χ0n) is 12.0. The van der Waals surface area contributed by atoms with Gasteiger partial charge in [-0.3, -0.25) is 10.1 Å². The van der Waals surface area contributed by atoms with E-state index in [1.165, 1.54) is 13.2 Å². The molecule has 0 amide bonds. The van der Waals surface area contributed by atoms with Crippen LogP contribution in [0, 0.1) is 10.1 Å². The monoisotopic (exact) mass is 356 g/mol. The Morgan fingerprint density at radius 3 is 2.76 bits per heavy atom. The molecule has 0 bridgehead atoms. The molecule has 0 spiro atoms. The van der Waals surface area contributed by atoms with Crippen LogP contribution >= 0.6 is 15.9 Å². The molecule has 0 radical (unpaired) electrons. The second-order valence-electron chi connectivity index (χ2n) is 5.11. The zero-order chi connectivity index (χ0) is 15.6. The molecule has 0 N–H and O–H groups in total. The van der Waals surface area contributed by atoms with Crippen LogP contribution in [-0.2, 0) is 4.74 Å². The lowest BCUT2D eigenvalue weighted by Gasteiger charge is -2.35. The Bertz CT molecular complexity index is 576. The van der Waals surface area contributed by atoms with Crippen LogP contribution in [0.15, 0.2) is 16.6 Å². The van der Waals surface area contributed by atoms with Crippen molar-refractivity contribution in [3.8, 4) is 0 Å². The van der Waals surface area contributed by atoms with Gasteiger partial charge in [0.1, 0.15) is 5.69 Å². The van der Waals surface area contributed by atoms with Crippen LogP contribution in [-0.4, -0.2) is 30.6 Å². The van der Waals surface area contributed by atoms with Gasteiger partial charge in [-0.05, 0) is 48.2 Å². The van der Waals surface area contributed by atoms with Crippen molar-refractivity contribution in [1.29, 1.82) is 0 Å². The highest BCUT2D eigenvalue weighted by molar-refractivity contribution is 9.10. The first kappa shape index (κ1) is 15.8. The number of nitro benzene ring substituents is 1. The van der Waals surface area contributed by atoms with Gasteiger partial charge in [0, 0.05) is 23.1 Å². The Morgan fingerprint density at radius 2 is 2.19 bits per heavy atom. The van der Waals surface area contributed by atoms with E-state index < -0.39 is 10.9 Å². The lowest BCUT2D eigenvalue weighted by Crippen LogP contribution is -2.38. The van der Waals surface area contributed by atoms with Gasteiger partial charge >= 0.3 is 5.97 Å². The third-order valence-electron chi connectivity index (χ3n) is 3.75. The highest BCUT2D eigenvalue weighted by Gasteiger charge is 2.29. The van der Waals surface area contributed by atoms with Gasteiger partial charge < -0.3 is 9.64 Å². The van der Waals surface area contributed by atoms with Crippen LogP contribution in [0.4, 0.5) is 11.4 Å². The van der Waals surface area contributed by atoms with Crippen molar-refractivity contribution < 1.29 is 14.5 Å². The smallest absolute Gasteiger partial charge is 0.338 e. The first-order valence-corrected chi connectivity index (χ1v) is 7.58. The van der Waals surface area contributed by atoms with E-state index in [9.17, 15) is 14.9 Å². The molecule has 0 unspecified atom stereocenters. The number of nitro groups is 1. The number of piperidine rings is 1. The van der Waals surface area contributed by atoms with E-state index >= 15 is 0 Å². The normalized spacial score (nSPS) is 18.4. The summed E-state index contributed by atoms with van der Waals surface area (Å²) in [7, 11) is 1.25. The summed E-state index contributed by atoms with van der Waals surface area (Å²) >= 11 is 3.37. The molecular formula is C14H17BrN2O4. The Balaban J connectivity index is 2.54. The molecule has 1 aromatic carbocycles. The number of methoxy groups -OCH3 is 1. The van der Waals surface area contributed by atoms with Gasteiger partial charge in [-0.2, -0.15) is 0 Å². The highest BCUT2D eigenvalue weighted by Crippen LogP contribution is 2.40. The van der Waals surface area contributed by atoms with E-state index in [4.69, 9.17) is 0 Å². The Labute approximate surface area is 131 Å². The molecule has 114 valence electrons. The average molecular weight is 357 g/mol. The Morgan fingerprint density at radius 1 is 1.48 bits per heavy atom. The summed E-state index contributed by atoms with van der Waals surface area (Å²) in [4.78, 5) is 24.6. The number of carbonyl (C=O) groups excluding carboxylic acids is 1. The maximum absolute atomic E-state index is 11.6. The number of ether oxygens (including phenoxy) is 1. The fourth-order valence-corrected chi connectivity index (χ4v) is 3.35. The molecule has 21 heavy (non-hydrogen) atoms. The first-order valence-electron chi connectivity index (χ1n) is 6.78. The third-order valence-corrected chi connectivity index (χ3v) is 4.36. The summed E-state index contributed by atoms with van der Waals surface area (Å²) < 4.78 is 5.18. The standard InChI is InChI=1S/C14H17BrN2O4/c1-9-5-3-4-6-16(9)13-11(15)7-10(14(18)21-2)8-12(13)17(19)20/h7-9H,3-6H2,1-2H3/t9-/m1/s1. The summed E-state index contributed by atoms with van der Waals surface area (Å²) in [6, 6.07) is 3.10. The van der Waals surface area contributed by atoms with Crippen LogP contribution < -0.4 is 4.90 Å². The molecule has 2 rings (SSSR count). The Kier molecular flexibility index (Phi) is 4.82. The number of hydrogen-bond donors (Lipinski definition) is 0. The van der Waals surface area contributed by atoms with Crippen LogP contribution in [0.25, 0.3) is 0 Å². The minimum atomic E-state index is -0.586. The number of nitrogens with zero attached hydrogens (tertiary/aromatic N) is 2. The lowest BCUT2D eigenvalue weighted by atomic mass is 10.0. The third kappa shape index (κ3) is 3.18. The van der Waals surface area contributed by atoms with Gasteiger partial charge in [0.2, 0.25) is 0 Å². The maximum Gasteiger partial charge on any atom is 0.338 e. The molecule has 0 aromatic heterocycles. The Hall–Kier alpha value is -1.63. The van der Waals surface area contributed by atoms with E-state index in [0.29, 0.717) is 10.2 Å². The summed E-state index contributed by atoms with van der Waals surface area (Å²) in [5, 5.41) is 11.4. The summed E-state index contributed by atoms with van der Waals surface area (Å²) in [5.74, 6) is -0.586. The van der Waals surface area contributed by atoms with E-state index in [1.54, 1.807) is 6.07 Å². The number of carbonyl (C=O) groups is 1. The second kappa shape index (κ2) is 6.43. The fourth-order valence-electron chi connectivity index (χ4n) is 2.67. The largest absolute Gasteiger partial charge is 0.465 e. The maximum atomic E-state index is 11.6. The van der Waals surface area contributed by atoms with Crippen LogP contribution in [0.1, 0.15) is 36.5 Å². The predicted molar refractivity (Wildman–Crippen MR) is 82.8 cm³/mol. The molecule has 1 saturated heterocycles. The molecule has 7 heteroatoms. The van der Waals surface area contributed by atoms with E-state index in [2.05, 4.69) is 27.6 Å². The van der Waals surface area contributed by atoms with Crippen molar-refractivity contribution in [3.63, 3.8) is 0 Å². The van der Waals surface area contributed by atoms with E-state index in [-0.39, 0.29) is 17.3 Å². The number of hydrogen-bond acceptors (Lipinski definition) is 5. The molecule has 6 nitrogen and oxygen atoms in total. The van der Waals surface area contributed by atoms with Crippen molar-refractivity contribution >= 4 is 33.3 Å². The van der Waals surface area contributed by atoms with E-state index in [0.717, 1.165) is 25.8 Å². The molecule has 0 aliphatic carbocycles. The molecule has 1 atom stereocenters. The molecule has 1 heterocycles. The predicted octanol–water partition coefficient (Wildman–Crippen LogP) is 3.52. The van der Waals surface area contributed by atoms with Gasteiger partial charge in [-0.15, -0.1) is 0 Å².